The van der Waals surface area contributed by atoms with Crippen molar-refractivity contribution in [3.05, 3.63) is 34.9 Å². The van der Waals surface area contributed by atoms with Crippen LogP contribution in [0.1, 0.15) is 18.5 Å². The fraction of sp³-hybridized carbons (Fsp3) is 0.400. The summed E-state index contributed by atoms with van der Waals surface area (Å²) in [4.78, 5) is 0. The van der Waals surface area contributed by atoms with Crippen molar-refractivity contribution in [1.29, 1.82) is 0 Å². The van der Waals surface area contributed by atoms with Crippen molar-refractivity contribution < 1.29 is 8.42 Å². The van der Waals surface area contributed by atoms with E-state index in [0.29, 0.717) is 5.02 Å². The fourth-order valence-corrected chi connectivity index (χ4v) is 2.14. The number of rotatable bonds is 3. The zero-order valence-corrected chi connectivity index (χ0v) is 10.2. The molecule has 0 aromatic heterocycles. The number of sulfone groups is 1. The maximum Gasteiger partial charge on any atom is 0.151 e. The SMILES string of the molecule is CC(C(N)c1cccc(Cl)c1)S(C)(=O)=O. The average molecular weight is 248 g/mol. The Bertz CT molecular complexity index is 444. The van der Waals surface area contributed by atoms with Crippen molar-refractivity contribution >= 4 is 21.4 Å². The van der Waals surface area contributed by atoms with Gasteiger partial charge in [-0.3, -0.25) is 0 Å². The molecule has 0 saturated carbocycles. The second-order valence-electron chi connectivity index (χ2n) is 3.62. The number of halogens is 1. The zero-order valence-electron chi connectivity index (χ0n) is 8.64. The van der Waals surface area contributed by atoms with E-state index in [2.05, 4.69) is 0 Å². The topological polar surface area (TPSA) is 60.2 Å². The van der Waals surface area contributed by atoms with E-state index >= 15 is 0 Å². The first-order valence-electron chi connectivity index (χ1n) is 4.52. The molecule has 1 aromatic rings. The van der Waals surface area contributed by atoms with Crippen LogP contribution < -0.4 is 5.73 Å². The summed E-state index contributed by atoms with van der Waals surface area (Å²) in [5.74, 6) is 0. The lowest BCUT2D eigenvalue weighted by atomic mass is 10.1. The summed E-state index contributed by atoms with van der Waals surface area (Å²) in [6, 6.07) is 6.40. The van der Waals surface area contributed by atoms with Gasteiger partial charge in [0.15, 0.2) is 9.84 Å². The molecule has 2 unspecified atom stereocenters. The van der Waals surface area contributed by atoms with Crippen LogP contribution in [0.15, 0.2) is 24.3 Å². The highest BCUT2D eigenvalue weighted by molar-refractivity contribution is 7.91. The first-order valence-corrected chi connectivity index (χ1v) is 6.85. The van der Waals surface area contributed by atoms with Crippen LogP contribution in [-0.4, -0.2) is 19.9 Å². The Balaban J connectivity index is 3.00. The minimum atomic E-state index is -3.13. The molecule has 0 aliphatic carbocycles. The van der Waals surface area contributed by atoms with E-state index in [0.717, 1.165) is 5.56 Å². The summed E-state index contributed by atoms with van der Waals surface area (Å²) in [5, 5.41) is -0.0559. The molecule has 84 valence electrons. The van der Waals surface area contributed by atoms with E-state index in [1.165, 1.54) is 6.26 Å². The standard InChI is InChI=1S/C10H14ClNO2S/c1-7(15(2,13)14)10(12)8-4-3-5-9(11)6-8/h3-7,10H,12H2,1-2H3. The molecule has 0 heterocycles. The Hall–Kier alpha value is -0.580. The van der Waals surface area contributed by atoms with Crippen molar-refractivity contribution in [1.82, 2.24) is 0 Å². The Labute approximate surface area is 95.2 Å². The van der Waals surface area contributed by atoms with Crippen LogP contribution in [0.4, 0.5) is 0 Å². The van der Waals surface area contributed by atoms with E-state index in [-0.39, 0.29) is 0 Å². The second-order valence-corrected chi connectivity index (χ2v) is 6.45. The van der Waals surface area contributed by atoms with Crippen molar-refractivity contribution in [3.63, 3.8) is 0 Å². The Morgan fingerprint density at radius 1 is 1.40 bits per heavy atom. The highest BCUT2D eigenvalue weighted by Gasteiger charge is 2.23. The molecule has 0 amide bonds. The highest BCUT2D eigenvalue weighted by atomic mass is 35.5. The Kier molecular flexibility index (Phi) is 3.76. The van der Waals surface area contributed by atoms with Crippen LogP contribution in [0.25, 0.3) is 0 Å². The summed E-state index contributed by atoms with van der Waals surface area (Å²) < 4.78 is 22.6. The van der Waals surface area contributed by atoms with Crippen LogP contribution in [0, 0.1) is 0 Å². The van der Waals surface area contributed by atoms with Crippen LogP contribution in [0.5, 0.6) is 0 Å². The monoisotopic (exact) mass is 247 g/mol. The van der Waals surface area contributed by atoms with E-state index in [1.807, 2.05) is 0 Å². The smallest absolute Gasteiger partial charge is 0.151 e. The molecule has 0 aliphatic heterocycles. The second kappa shape index (κ2) is 4.51. The summed E-state index contributed by atoms with van der Waals surface area (Å²) in [7, 11) is -3.13. The molecular weight excluding hydrogens is 234 g/mol. The van der Waals surface area contributed by atoms with Gasteiger partial charge in [-0.1, -0.05) is 23.7 Å². The first kappa shape index (κ1) is 12.5. The van der Waals surface area contributed by atoms with Gasteiger partial charge in [0.05, 0.1) is 5.25 Å². The normalized spacial score (nSPS) is 16.0. The van der Waals surface area contributed by atoms with Gasteiger partial charge >= 0.3 is 0 Å². The maximum atomic E-state index is 11.3. The van der Waals surface area contributed by atoms with Gasteiger partial charge in [-0.15, -0.1) is 0 Å². The van der Waals surface area contributed by atoms with E-state index < -0.39 is 21.1 Å². The highest BCUT2D eigenvalue weighted by Crippen LogP contribution is 2.21. The van der Waals surface area contributed by atoms with Gasteiger partial charge in [0.2, 0.25) is 0 Å². The third-order valence-corrected chi connectivity index (χ3v) is 4.29. The molecule has 2 N–H and O–H groups in total. The van der Waals surface area contributed by atoms with Crippen LogP contribution in [0.3, 0.4) is 0 Å². The first-order chi connectivity index (χ1) is 6.82. The summed E-state index contributed by atoms with van der Waals surface area (Å²) in [6.07, 6.45) is 1.18. The number of hydrogen-bond donors (Lipinski definition) is 1. The minimum absolute atomic E-state index is 0.543. The lowest BCUT2D eigenvalue weighted by Gasteiger charge is -2.18. The van der Waals surface area contributed by atoms with Gasteiger partial charge in [-0.05, 0) is 24.6 Å². The predicted octanol–water partition coefficient (Wildman–Crippen LogP) is 1.77. The third kappa shape index (κ3) is 3.19. The molecule has 0 radical (unpaired) electrons. The summed E-state index contributed by atoms with van der Waals surface area (Å²) in [6.45, 7) is 1.60. The molecule has 5 heteroatoms. The molecular formula is C10H14ClNO2S. The number of benzene rings is 1. The van der Waals surface area contributed by atoms with Gasteiger partial charge in [0, 0.05) is 17.3 Å². The van der Waals surface area contributed by atoms with Crippen molar-refractivity contribution in [2.45, 2.75) is 18.2 Å². The lowest BCUT2D eigenvalue weighted by Crippen LogP contribution is -2.30. The fourth-order valence-electron chi connectivity index (χ4n) is 1.25. The Morgan fingerprint density at radius 3 is 2.47 bits per heavy atom. The molecule has 1 aromatic carbocycles. The predicted molar refractivity (Wildman–Crippen MR) is 62.7 cm³/mol. The van der Waals surface area contributed by atoms with Crippen LogP contribution in [-0.2, 0) is 9.84 Å². The van der Waals surface area contributed by atoms with Crippen LogP contribution in [0.2, 0.25) is 5.02 Å². The molecule has 0 saturated heterocycles. The number of hydrogen-bond acceptors (Lipinski definition) is 3. The van der Waals surface area contributed by atoms with E-state index in [9.17, 15) is 8.42 Å². The third-order valence-electron chi connectivity index (χ3n) is 2.41. The van der Waals surface area contributed by atoms with Crippen molar-refractivity contribution in [3.8, 4) is 0 Å². The van der Waals surface area contributed by atoms with Gasteiger partial charge in [0.25, 0.3) is 0 Å². The largest absolute Gasteiger partial charge is 0.323 e. The van der Waals surface area contributed by atoms with Gasteiger partial charge in [-0.2, -0.15) is 0 Å². The molecule has 0 aliphatic rings. The molecule has 15 heavy (non-hydrogen) atoms. The van der Waals surface area contributed by atoms with Crippen LogP contribution >= 0.6 is 11.6 Å². The number of nitrogens with two attached hydrogens (primary N) is 1. The lowest BCUT2D eigenvalue weighted by molar-refractivity contribution is 0.571. The molecule has 0 bridgehead atoms. The molecule has 2 atom stereocenters. The van der Waals surface area contributed by atoms with Gasteiger partial charge in [-0.25, -0.2) is 8.42 Å². The van der Waals surface area contributed by atoms with E-state index in [1.54, 1.807) is 31.2 Å². The summed E-state index contributed by atoms with van der Waals surface area (Å²) in [5.41, 5.74) is 6.59. The van der Waals surface area contributed by atoms with Crippen molar-refractivity contribution in [2.75, 3.05) is 6.26 Å². The maximum absolute atomic E-state index is 11.3. The van der Waals surface area contributed by atoms with Gasteiger partial charge < -0.3 is 5.73 Å². The zero-order chi connectivity index (χ0) is 11.6. The Morgan fingerprint density at radius 2 is 2.00 bits per heavy atom. The quantitative estimate of drug-likeness (QED) is 0.886. The molecule has 0 fully saturated rings. The minimum Gasteiger partial charge on any atom is -0.323 e. The summed E-state index contributed by atoms with van der Waals surface area (Å²) >= 11 is 5.80. The average Bonchev–Trinajstić information content (AvgIpc) is 2.14. The van der Waals surface area contributed by atoms with E-state index in [4.69, 9.17) is 17.3 Å². The molecule has 0 spiro atoms. The molecule has 1 rings (SSSR count). The van der Waals surface area contributed by atoms with Crippen molar-refractivity contribution in [2.24, 2.45) is 5.73 Å². The molecule has 3 nitrogen and oxygen atoms in total. The van der Waals surface area contributed by atoms with Gasteiger partial charge in [0.1, 0.15) is 0 Å².